The molecule has 100 heavy (non-hydrogen) atoms. The zero-order valence-electron chi connectivity index (χ0n) is 54.2. The number of thiophene rings is 2. The molecule has 20 aromatic rings. The molecule has 0 atom stereocenters. The van der Waals surface area contributed by atoms with Crippen LogP contribution < -0.4 is 0 Å². The quantitative estimate of drug-likeness (QED) is 0.137. The van der Waals surface area contributed by atoms with Crippen molar-refractivity contribution in [2.75, 3.05) is 0 Å². The van der Waals surface area contributed by atoms with E-state index in [1.54, 1.807) is 0 Å². The van der Waals surface area contributed by atoms with Crippen molar-refractivity contribution in [1.29, 1.82) is 0 Å². The number of pyridine rings is 2. The first-order chi connectivity index (χ1) is 49.6. The molecule has 6 heteroatoms. The molecule has 0 fully saturated rings. The summed E-state index contributed by atoms with van der Waals surface area (Å²) in [6.45, 7) is 0. The lowest BCUT2D eigenvalue weighted by molar-refractivity contribution is 1.18. The number of aromatic nitrogens is 4. The van der Waals surface area contributed by atoms with E-state index in [4.69, 9.17) is 9.97 Å². The van der Waals surface area contributed by atoms with E-state index in [-0.39, 0.29) is 0 Å². The molecule has 20 rings (SSSR count). The lowest BCUT2D eigenvalue weighted by atomic mass is 9.95. The molecule has 0 amide bonds. The third-order valence-electron chi connectivity index (χ3n) is 19.6. The third kappa shape index (κ3) is 10.4. The normalized spacial score (nSPS) is 11.6. The molecular formula is C94H60N4S2. The number of para-hydroxylation sites is 4. The van der Waals surface area contributed by atoms with Crippen LogP contribution in [0.1, 0.15) is 0 Å². The summed E-state index contributed by atoms with van der Waals surface area (Å²) in [7, 11) is 0. The number of hydrogen-bond acceptors (Lipinski definition) is 4. The second-order valence-electron chi connectivity index (χ2n) is 25.5. The van der Waals surface area contributed by atoms with Gasteiger partial charge in [0.1, 0.15) is 0 Å². The standard InChI is InChI=1S/2C47H30N2S/c1-2-13-31(14-3-1)32-15-10-16-33(27-32)41-29-35(37-22-12-26-46-47(37)40-21-6-9-25-45(40)50-46)30-42(48-41)34-17-11-18-36(28-34)49-43-23-7-4-19-38(43)39-20-5-8-24-44(39)49;1-2-11-31(12-3-1)32-21-23-33(24-22-32)42-29-35(37-16-10-17-41-40-15-6-9-20-46(40)50-47(37)41)30-43(48-42)34-25-27-36(28-26-34)49-44-18-7-4-13-38(44)39-14-5-8-19-45(39)49/h2*1-30H. The predicted molar refractivity (Wildman–Crippen MR) is 426 cm³/mol. The fourth-order valence-corrected chi connectivity index (χ4v) is 17.3. The van der Waals surface area contributed by atoms with E-state index in [2.05, 4.69) is 373 Å². The second-order valence-corrected chi connectivity index (χ2v) is 27.7. The summed E-state index contributed by atoms with van der Waals surface area (Å²) in [5.74, 6) is 0. The highest BCUT2D eigenvalue weighted by atomic mass is 32.1. The van der Waals surface area contributed by atoms with Crippen LogP contribution in [0, 0.1) is 0 Å². The molecule has 0 bridgehead atoms. The largest absolute Gasteiger partial charge is 0.309 e. The molecule has 4 nitrogen and oxygen atoms in total. The van der Waals surface area contributed by atoms with Crippen molar-refractivity contribution < 1.29 is 0 Å². The maximum absolute atomic E-state index is 5.40. The van der Waals surface area contributed by atoms with Crippen molar-refractivity contribution in [3.63, 3.8) is 0 Å². The van der Waals surface area contributed by atoms with Crippen LogP contribution in [0.4, 0.5) is 0 Å². The van der Waals surface area contributed by atoms with Crippen LogP contribution in [0.15, 0.2) is 364 Å². The molecule has 0 aliphatic heterocycles. The number of benzene rings is 14. The first kappa shape index (κ1) is 58.7. The molecule has 0 radical (unpaired) electrons. The summed E-state index contributed by atoms with van der Waals surface area (Å²) in [5.41, 5.74) is 24.8. The van der Waals surface area contributed by atoms with Crippen LogP contribution in [0.3, 0.4) is 0 Å². The maximum atomic E-state index is 5.40. The van der Waals surface area contributed by atoms with Crippen LogP contribution >= 0.6 is 22.7 Å². The predicted octanol–water partition coefficient (Wildman–Crippen LogP) is 26.4. The summed E-state index contributed by atoms with van der Waals surface area (Å²) in [5, 5.41) is 10.2. The van der Waals surface area contributed by atoms with Crippen molar-refractivity contribution in [3.8, 4) is 101 Å². The van der Waals surface area contributed by atoms with Gasteiger partial charge in [-0.15, -0.1) is 22.7 Å². The van der Waals surface area contributed by atoms with Crippen LogP contribution in [0.25, 0.3) is 185 Å². The number of hydrogen-bond donors (Lipinski definition) is 0. The van der Waals surface area contributed by atoms with E-state index < -0.39 is 0 Å². The Bertz CT molecular complexity index is 6410. The zero-order chi connectivity index (χ0) is 66.0. The average Bonchev–Trinajstić information content (AvgIpc) is 1.62. The Balaban J connectivity index is 0.000000139. The molecule has 0 spiro atoms. The Hall–Kier alpha value is -12.6. The van der Waals surface area contributed by atoms with Gasteiger partial charge in [-0.1, -0.05) is 267 Å². The fourth-order valence-electron chi connectivity index (χ4n) is 14.9. The van der Waals surface area contributed by atoms with Crippen molar-refractivity contribution in [3.05, 3.63) is 364 Å². The lowest BCUT2D eigenvalue weighted by Gasteiger charge is -2.14. The van der Waals surface area contributed by atoms with Gasteiger partial charge < -0.3 is 9.13 Å². The highest BCUT2D eigenvalue weighted by Crippen LogP contribution is 2.45. The highest BCUT2D eigenvalue weighted by Gasteiger charge is 2.20. The molecule has 6 heterocycles. The topological polar surface area (TPSA) is 35.6 Å². The molecule has 0 N–H and O–H groups in total. The van der Waals surface area contributed by atoms with Crippen molar-refractivity contribution >= 4 is 107 Å². The van der Waals surface area contributed by atoms with Crippen molar-refractivity contribution in [2.24, 2.45) is 0 Å². The van der Waals surface area contributed by atoms with Crippen LogP contribution in [0.2, 0.25) is 0 Å². The molecule has 0 saturated carbocycles. The summed E-state index contributed by atoms with van der Waals surface area (Å²) in [4.78, 5) is 10.7. The minimum Gasteiger partial charge on any atom is -0.309 e. The summed E-state index contributed by atoms with van der Waals surface area (Å²) >= 11 is 3.72. The highest BCUT2D eigenvalue weighted by molar-refractivity contribution is 7.26. The van der Waals surface area contributed by atoms with Gasteiger partial charge in [-0.05, 0) is 142 Å². The maximum Gasteiger partial charge on any atom is 0.0716 e. The Morgan fingerprint density at radius 1 is 0.200 bits per heavy atom. The van der Waals surface area contributed by atoms with E-state index in [1.165, 1.54) is 123 Å². The molecular weight excluding hydrogens is 1250 g/mol. The summed E-state index contributed by atoms with van der Waals surface area (Å²) in [6, 6.07) is 131. The average molecular weight is 1310 g/mol. The van der Waals surface area contributed by atoms with Crippen LogP contribution in [0.5, 0.6) is 0 Å². The fraction of sp³-hybridized carbons (Fsp3) is 0. The minimum atomic E-state index is 0.946. The molecule has 0 aliphatic rings. The van der Waals surface area contributed by atoms with Gasteiger partial charge in [0.25, 0.3) is 0 Å². The van der Waals surface area contributed by atoms with Crippen molar-refractivity contribution in [2.45, 2.75) is 0 Å². The Labute approximate surface area is 586 Å². The van der Waals surface area contributed by atoms with Gasteiger partial charge in [0.15, 0.2) is 0 Å². The monoisotopic (exact) mass is 1310 g/mol. The van der Waals surface area contributed by atoms with E-state index >= 15 is 0 Å². The molecule has 0 aliphatic carbocycles. The van der Waals surface area contributed by atoms with E-state index in [0.29, 0.717) is 0 Å². The summed E-state index contributed by atoms with van der Waals surface area (Å²) < 4.78 is 9.95. The minimum absolute atomic E-state index is 0.946. The Morgan fingerprint density at radius 3 is 1.16 bits per heavy atom. The molecule has 0 unspecified atom stereocenters. The summed E-state index contributed by atoms with van der Waals surface area (Å²) in [6.07, 6.45) is 0. The first-order valence-corrected chi connectivity index (χ1v) is 35.6. The van der Waals surface area contributed by atoms with E-state index in [9.17, 15) is 0 Å². The third-order valence-corrected chi connectivity index (χ3v) is 22.0. The van der Waals surface area contributed by atoms with Gasteiger partial charge in [0.05, 0.1) is 44.8 Å². The van der Waals surface area contributed by atoms with E-state index in [0.717, 1.165) is 62.0 Å². The van der Waals surface area contributed by atoms with Gasteiger partial charge in [-0.25, -0.2) is 9.97 Å². The van der Waals surface area contributed by atoms with Crippen LogP contribution in [-0.2, 0) is 0 Å². The first-order valence-electron chi connectivity index (χ1n) is 33.9. The number of nitrogens with zero attached hydrogens (tertiary/aromatic N) is 4. The smallest absolute Gasteiger partial charge is 0.0716 e. The van der Waals surface area contributed by atoms with Crippen LogP contribution in [-0.4, -0.2) is 19.1 Å². The Morgan fingerprint density at radius 2 is 0.570 bits per heavy atom. The lowest BCUT2D eigenvalue weighted by Crippen LogP contribution is -1.96. The number of fused-ring (bicyclic) bond motifs is 12. The molecule has 468 valence electrons. The zero-order valence-corrected chi connectivity index (χ0v) is 55.9. The van der Waals surface area contributed by atoms with Gasteiger partial charge in [-0.2, -0.15) is 0 Å². The Kier molecular flexibility index (Phi) is 14.6. The van der Waals surface area contributed by atoms with E-state index in [1.807, 2.05) is 22.7 Å². The van der Waals surface area contributed by atoms with Crippen molar-refractivity contribution in [1.82, 2.24) is 19.1 Å². The molecule has 0 saturated heterocycles. The van der Waals surface area contributed by atoms with Gasteiger partial charge in [0.2, 0.25) is 0 Å². The molecule has 14 aromatic carbocycles. The second kappa shape index (κ2) is 24.8. The SMILES string of the molecule is c1ccc(-c2ccc(-c3cc(-c4cccc5c4sc4ccccc45)cc(-c4ccc(-n5c6ccccc6c6ccccc65)cc4)n3)cc2)cc1.c1ccc(-c2cccc(-c3cc(-c4cccc5sc6ccccc6c45)cc(-c4cccc(-n5c6ccccc6c6ccccc65)c4)n3)c2)cc1. The van der Waals surface area contributed by atoms with Gasteiger partial charge >= 0.3 is 0 Å². The van der Waals surface area contributed by atoms with Gasteiger partial charge in [0, 0.05) is 95.5 Å². The number of rotatable bonds is 10. The van der Waals surface area contributed by atoms with Gasteiger partial charge in [-0.3, -0.25) is 0 Å². The molecule has 6 aromatic heterocycles.